The number of nitrogen functional groups attached to an aromatic ring is 1. The zero-order valence-electron chi connectivity index (χ0n) is 18.0. The molecule has 0 saturated carbocycles. The highest BCUT2D eigenvalue weighted by Crippen LogP contribution is 2.29. The molecule has 0 aliphatic carbocycles. The fraction of sp³-hybridized carbons (Fsp3) is 0.667. The molecule has 158 valence electrons. The van der Waals surface area contributed by atoms with Gasteiger partial charge in [0.05, 0.1) is 11.4 Å². The second-order valence-corrected chi connectivity index (χ2v) is 8.44. The van der Waals surface area contributed by atoms with E-state index in [2.05, 4.69) is 22.2 Å². The molecular formula is C21H36N4O3. The summed E-state index contributed by atoms with van der Waals surface area (Å²) in [5, 5.41) is 2.77. The summed E-state index contributed by atoms with van der Waals surface area (Å²) >= 11 is 0. The molecule has 7 heteroatoms. The molecule has 7 nitrogen and oxygen atoms in total. The summed E-state index contributed by atoms with van der Waals surface area (Å²) < 4.78 is 10.5. The molecule has 0 bridgehead atoms. The van der Waals surface area contributed by atoms with Crippen LogP contribution in [0.5, 0.6) is 0 Å². The van der Waals surface area contributed by atoms with E-state index < -0.39 is 11.7 Å². The van der Waals surface area contributed by atoms with Crippen LogP contribution in [0.1, 0.15) is 40.0 Å². The highest BCUT2D eigenvalue weighted by Gasteiger charge is 2.23. The van der Waals surface area contributed by atoms with E-state index in [9.17, 15) is 4.79 Å². The van der Waals surface area contributed by atoms with Gasteiger partial charge < -0.3 is 25.0 Å². The van der Waals surface area contributed by atoms with Crippen molar-refractivity contribution in [3.05, 3.63) is 18.2 Å². The minimum absolute atomic E-state index is 0.493. The van der Waals surface area contributed by atoms with Gasteiger partial charge in [0, 0.05) is 45.1 Å². The first-order valence-electron chi connectivity index (χ1n) is 10.0. The maximum Gasteiger partial charge on any atom is 0.412 e. The molecule has 0 unspecified atom stereocenters. The van der Waals surface area contributed by atoms with Crippen LogP contribution in [-0.2, 0) is 9.47 Å². The summed E-state index contributed by atoms with van der Waals surface area (Å²) in [6.45, 7) is 9.34. The molecule has 1 heterocycles. The number of piperidine rings is 1. The highest BCUT2D eigenvalue weighted by molar-refractivity contribution is 5.90. The zero-order chi connectivity index (χ0) is 20.7. The molecular weight excluding hydrogens is 356 g/mol. The van der Waals surface area contributed by atoms with E-state index in [0.717, 1.165) is 51.2 Å². The molecule has 1 fully saturated rings. The average molecular weight is 393 g/mol. The van der Waals surface area contributed by atoms with E-state index >= 15 is 0 Å². The third-order valence-electron chi connectivity index (χ3n) is 4.98. The first-order chi connectivity index (χ1) is 13.2. The van der Waals surface area contributed by atoms with Crippen LogP contribution >= 0.6 is 0 Å². The lowest BCUT2D eigenvalue weighted by Crippen LogP contribution is -2.43. The molecule has 2 rings (SSSR count). The summed E-state index contributed by atoms with van der Waals surface area (Å²) in [6.07, 6.45) is 2.80. The second-order valence-electron chi connectivity index (χ2n) is 8.44. The predicted molar refractivity (Wildman–Crippen MR) is 115 cm³/mol. The lowest BCUT2D eigenvalue weighted by atomic mass is 10.0. The van der Waals surface area contributed by atoms with Gasteiger partial charge in [0.15, 0.2) is 0 Å². The van der Waals surface area contributed by atoms with E-state index in [1.165, 1.54) is 0 Å². The second kappa shape index (κ2) is 9.98. The minimum Gasteiger partial charge on any atom is -0.444 e. The Morgan fingerprint density at radius 3 is 2.61 bits per heavy atom. The first-order valence-corrected chi connectivity index (χ1v) is 10.0. The molecule has 28 heavy (non-hydrogen) atoms. The molecule has 0 atom stereocenters. The number of benzene rings is 1. The summed E-state index contributed by atoms with van der Waals surface area (Å²) in [7, 11) is 3.94. The lowest BCUT2D eigenvalue weighted by molar-refractivity contribution is 0.0636. The number of amides is 1. The van der Waals surface area contributed by atoms with Crippen LogP contribution in [-0.4, -0.2) is 63.0 Å². The molecule has 3 N–H and O–H groups in total. The van der Waals surface area contributed by atoms with Crippen LogP contribution in [0.15, 0.2) is 18.2 Å². The molecule has 1 aromatic rings. The Kier molecular flexibility index (Phi) is 7.95. The van der Waals surface area contributed by atoms with Crippen LogP contribution in [0.25, 0.3) is 0 Å². The maximum absolute atomic E-state index is 12.1. The number of rotatable bonds is 7. The van der Waals surface area contributed by atoms with Crippen molar-refractivity contribution in [1.82, 2.24) is 4.90 Å². The number of anilines is 3. The van der Waals surface area contributed by atoms with E-state index in [1.54, 1.807) is 7.11 Å². The standard InChI is InChI=1S/C21H36N4O3/c1-21(2,3)28-20(26)23-19-15-17(7-8-18(19)22)25-12-9-16(10-13-25)24(4)11-6-14-27-5/h7-8,15-16H,6,9-14,22H2,1-5H3,(H,23,26). The smallest absolute Gasteiger partial charge is 0.412 e. The van der Waals surface area contributed by atoms with E-state index in [1.807, 2.05) is 39.0 Å². The number of ether oxygens (including phenoxy) is 2. The molecule has 1 amide bonds. The van der Waals surface area contributed by atoms with Crippen molar-refractivity contribution in [2.75, 3.05) is 56.3 Å². The Morgan fingerprint density at radius 2 is 2.00 bits per heavy atom. The van der Waals surface area contributed by atoms with Crippen molar-refractivity contribution >= 4 is 23.2 Å². The molecule has 0 aromatic heterocycles. The number of nitrogens with zero attached hydrogens (tertiary/aromatic N) is 2. The Bertz CT molecular complexity index is 637. The van der Waals surface area contributed by atoms with Crippen molar-refractivity contribution in [3.8, 4) is 0 Å². The molecule has 0 radical (unpaired) electrons. The monoisotopic (exact) mass is 392 g/mol. The summed E-state index contributed by atoms with van der Waals surface area (Å²) in [5.74, 6) is 0. The van der Waals surface area contributed by atoms with Crippen LogP contribution in [0.3, 0.4) is 0 Å². The Morgan fingerprint density at radius 1 is 1.32 bits per heavy atom. The lowest BCUT2D eigenvalue weighted by Gasteiger charge is -2.38. The summed E-state index contributed by atoms with van der Waals surface area (Å²) in [5.41, 5.74) is 7.69. The van der Waals surface area contributed by atoms with Crippen molar-refractivity contribution < 1.29 is 14.3 Å². The minimum atomic E-state index is -0.548. The van der Waals surface area contributed by atoms with Gasteiger partial charge in [0.2, 0.25) is 0 Å². The third-order valence-corrected chi connectivity index (χ3v) is 4.98. The van der Waals surface area contributed by atoms with Gasteiger partial charge in [-0.2, -0.15) is 0 Å². The number of methoxy groups -OCH3 is 1. The van der Waals surface area contributed by atoms with Crippen LogP contribution in [0.4, 0.5) is 21.9 Å². The number of carbonyl (C=O) groups is 1. The van der Waals surface area contributed by atoms with Crippen molar-refractivity contribution in [2.24, 2.45) is 0 Å². The van der Waals surface area contributed by atoms with Gasteiger partial charge in [-0.3, -0.25) is 5.32 Å². The molecule has 1 saturated heterocycles. The third kappa shape index (κ3) is 6.87. The fourth-order valence-electron chi connectivity index (χ4n) is 3.47. The molecule has 1 aromatic carbocycles. The predicted octanol–water partition coefficient (Wildman–Crippen LogP) is 3.55. The first kappa shape index (κ1) is 22.3. The van der Waals surface area contributed by atoms with Crippen LogP contribution in [0.2, 0.25) is 0 Å². The number of nitrogens with two attached hydrogens (primary N) is 1. The van der Waals surface area contributed by atoms with Gasteiger partial charge in [-0.25, -0.2) is 4.79 Å². The summed E-state index contributed by atoms with van der Waals surface area (Å²) in [4.78, 5) is 16.9. The quantitative estimate of drug-likeness (QED) is 0.546. The van der Waals surface area contributed by atoms with E-state index in [4.69, 9.17) is 15.2 Å². The maximum atomic E-state index is 12.1. The van der Waals surface area contributed by atoms with Crippen molar-refractivity contribution in [2.45, 2.75) is 51.7 Å². The Balaban J connectivity index is 1.93. The van der Waals surface area contributed by atoms with Gasteiger partial charge in [0.25, 0.3) is 0 Å². The number of hydrogen-bond acceptors (Lipinski definition) is 6. The largest absolute Gasteiger partial charge is 0.444 e. The summed E-state index contributed by atoms with van der Waals surface area (Å²) in [6, 6.07) is 6.38. The Labute approximate surface area is 169 Å². The van der Waals surface area contributed by atoms with Crippen molar-refractivity contribution in [3.63, 3.8) is 0 Å². The van der Waals surface area contributed by atoms with E-state index in [-0.39, 0.29) is 0 Å². The van der Waals surface area contributed by atoms with Gasteiger partial charge in [0.1, 0.15) is 5.60 Å². The van der Waals surface area contributed by atoms with Gasteiger partial charge in [-0.05, 0) is 65.3 Å². The molecule has 0 spiro atoms. The van der Waals surface area contributed by atoms with Gasteiger partial charge in [-0.1, -0.05) is 0 Å². The van der Waals surface area contributed by atoms with Gasteiger partial charge in [-0.15, -0.1) is 0 Å². The van der Waals surface area contributed by atoms with Gasteiger partial charge >= 0.3 is 6.09 Å². The van der Waals surface area contributed by atoms with Crippen LogP contribution in [0, 0.1) is 0 Å². The average Bonchev–Trinajstić information content (AvgIpc) is 2.62. The number of nitrogens with one attached hydrogen (secondary N) is 1. The number of carbonyl (C=O) groups excluding carboxylic acids is 1. The molecule has 1 aliphatic rings. The topological polar surface area (TPSA) is 80.1 Å². The van der Waals surface area contributed by atoms with E-state index in [0.29, 0.717) is 17.4 Å². The highest BCUT2D eigenvalue weighted by atomic mass is 16.6. The van der Waals surface area contributed by atoms with Crippen molar-refractivity contribution in [1.29, 1.82) is 0 Å². The Hall–Kier alpha value is -1.99. The normalized spacial score (nSPS) is 15.7. The van der Waals surface area contributed by atoms with Crippen LogP contribution < -0.4 is 16.0 Å². The fourth-order valence-corrected chi connectivity index (χ4v) is 3.47. The SMILES string of the molecule is COCCCN(C)C1CCN(c2ccc(N)c(NC(=O)OC(C)(C)C)c2)CC1. The number of hydrogen-bond donors (Lipinski definition) is 2. The zero-order valence-corrected chi connectivity index (χ0v) is 18.0. The molecule has 1 aliphatic heterocycles.